The van der Waals surface area contributed by atoms with Crippen molar-refractivity contribution >= 4 is 0 Å². The van der Waals surface area contributed by atoms with Gasteiger partial charge in [-0.2, -0.15) is 5.26 Å². The predicted octanol–water partition coefficient (Wildman–Crippen LogP) is 0.644. The minimum atomic E-state index is -0.281. The molecule has 4 heteroatoms. The van der Waals surface area contributed by atoms with Crippen molar-refractivity contribution in [1.29, 1.82) is 5.26 Å². The van der Waals surface area contributed by atoms with Crippen LogP contribution in [0.15, 0.2) is 18.5 Å². The summed E-state index contributed by atoms with van der Waals surface area (Å²) in [7, 11) is 0. The van der Waals surface area contributed by atoms with Gasteiger partial charge in [-0.25, -0.2) is 0 Å². The average molecular weight is 191 g/mol. The third kappa shape index (κ3) is 1.79. The summed E-state index contributed by atoms with van der Waals surface area (Å²) in [6.07, 6.45) is 3.84. The van der Waals surface area contributed by atoms with Crippen LogP contribution in [0.1, 0.15) is 5.56 Å². The maximum absolute atomic E-state index is 8.92. The molecule has 2 N–H and O–H groups in total. The van der Waals surface area contributed by atoms with E-state index < -0.39 is 0 Å². The van der Waals surface area contributed by atoms with E-state index in [-0.39, 0.29) is 5.41 Å². The first kappa shape index (κ1) is 9.25. The molecule has 1 aromatic heterocycles. The zero-order valence-corrected chi connectivity index (χ0v) is 7.92. The standard InChI is InChI=1S/C10H13N3O/c11-5-10(7-14-8-10)6-13-4-9-1-2-12-3-9/h1-3,12-13H,4,6-8H2. The van der Waals surface area contributed by atoms with Gasteiger partial charge in [-0.1, -0.05) is 0 Å². The molecule has 1 aliphatic rings. The van der Waals surface area contributed by atoms with Crippen LogP contribution in [-0.2, 0) is 11.3 Å². The lowest BCUT2D eigenvalue weighted by Crippen LogP contribution is -2.48. The molecule has 1 saturated heterocycles. The highest BCUT2D eigenvalue weighted by Gasteiger charge is 2.38. The lowest BCUT2D eigenvalue weighted by Gasteiger charge is -2.35. The largest absolute Gasteiger partial charge is 0.378 e. The molecule has 0 spiro atoms. The first-order chi connectivity index (χ1) is 6.85. The fourth-order valence-electron chi connectivity index (χ4n) is 1.47. The molecular formula is C10H13N3O. The highest BCUT2D eigenvalue weighted by atomic mass is 16.5. The molecule has 1 aliphatic heterocycles. The van der Waals surface area contributed by atoms with Crippen molar-refractivity contribution in [1.82, 2.24) is 10.3 Å². The number of aromatic amines is 1. The smallest absolute Gasteiger partial charge is 0.116 e. The van der Waals surface area contributed by atoms with Gasteiger partial charge < -0.3 is 15.0 Å². The lowest BCUT2D eigenvalue weighted by molar-refractivity contribution is -0.0755. The molecule has 0 amide bonds. The number of nitrogens with one attached hydrogen (secondary N) is 2. The van der Waals surface area contributed by atoms with E-state index in [9.17, 15) is 0 Å². The van der Waals surface area contributed by atoms with Gasteiger partial charge >= 0.3 is 0 Å². The van der Waals surface area contributed by atoms with Crippen molar-refractivity contribution < 1.29 is 4.74 Å². The molecule has 4 nitrogen and oxygen atoms in total. The van der Waals surface area contributed by atoms with Crippen molar-refractivity contribution in [2.45, 2.75) is 6.54 Å². The molecule has 2 heterocycles. The first-order valence-electron chi connectivity index (χ1n) is 4.66. The van der Waals surface area contributed by atoms with E-state index >= 15 is 0 Å². The second-order valence-corrected chi connectivity index (χ2v) is 3.71. The minimum absolute atomic E-state index is 0.281. The number of nitrogens with zero attached hydrogens (tertiary/aromatic N) is 1. The summed E-state index contributed by atoms with van der Waals surface area (Å²) in [6.45, 7) is 2.62. The van der Waals surface area contributed by atoms with Crippen LogP contribution in [0.3, 0.4) is 0 Å². The third-order valence-corrected chi connectivity index (χ3v) is 2.45. The monoisotopic (exact) mass is 191 g/mol. The van der Waals surface area contributed by atoms with E-state index in [1.807, 2.05) is 18.5 Å². The minimum Gasteiger partial charge on any atom is -0.378 e. The molecule has 0 aliphatic carbocycles. The Bertz CT molecular complexity index is 322. The van der Waals surface area contributed by atoms with Crippen LogP contribution in [0, 0.1) is 16.7 Å². The van der Waals surface area contributed by atoms with Crippen LogP contribution in [0.5, 0.6) is 0 Å². The molecule has 0 saturated carbocycles. The lowest BCUT2D eigenvalue weighted by atomic mass is 9.88. The van der Waals surface area contributed by atoms with E-state index in [0.29, 0.717) is 19.8 Å². The van der Waals surface area contributed by atoms with E-state index in [1.54, 1.807) is 0 Å². The van der Waals surface area contributed by atoms with Crippen molar-refractivity contribution in [3.05, 3.63) is 24.0 Å². The van der Waals surface area contributed by atoms with Crippen LogP contribution in [0.25, 0.3) is 0 Å². The van der Waals surface area contributed by atoms with Gasteiger partial charge in [0.1, 0.15) is 5.41 Å². The molecular weight excluding hydrogens is 178 g/mol. The maximum atomic E-state index is 8.92. The van der Waals surface area contributed by atoms with Gasteiger partial charge in [0.05, 0.1) is 19.3 Å². The summed E-state index contributed by atoms with van der Waals surface area (Å²) in [4.78, 5) is 2.99. The zero-order valence-electron chi connectivity index (χ0n) is 7.92. The normalized spacial score (nSPS) is 18.5. The molecule has 0 atom stereocenters. The molecule has 14 heavy (non-hydrogen) atoms. The summed E-state index contributed by atoms with van der Waals surface area (Å²) in [5, 5.41) is 12.2. The molecule has 1 fully saturated rings. The summed E-state index contributed by atoms with van der Waals surface area (Å²) in [6, 6.07) is 4.32. The van der Waals surface area contributed by atoms with E-state index in [4.69, 9.17) is 10.00 Å². The highest BCUT2D eigenvalue weighted by molar-refractivity contribution is 5.09. The fourth-order valence-corrected chi connectivity index (χ4v) is 1.47. The Morgan fingerprint density at radius 1 is 1.64 bits per heavy atom. The Hall–Kier alpha value is -1.31. The van der Waals surface area contributed by atoms with Crippen LogP contribution in [0.2, 0.25) is 0 Å². The second-order valence-electron chi connectivity index (χ2n) is 3.71. The van der Waals surface area contributed by atoms with E-state index in [2.05, 4.69) is 16.4 Å². The highest BCUT2D eigenvalue weighted by Crippen LogP contribution is 2.25. The summed E-state index contributed by atoms with van der Waals surface area (Å²) >= 11 is 0. The van der Waals surface area contributed by atoms with Gasteiger partial charge in [0.15, 0.2) is 0 Å². The van der Waals surface area contributed by atoms with Crippen molar-refractivity contribution in [3.63, 3.8) is 0 Å². The first-order valence-corrected chi connectivity index (χ1v) is 4.66. The average Bonchev–Trinajstić information content (AvgIpc) is 2.62. The van der Waals surface area contributed by atoms with Crippen LogP contribution < -0.4 is 5.32 Å². The van der Waals surface area contributed by atoms with Crippen molar-refractivity contribution in [3.8, 4) is 6.07 Å². The number of hydrogen-bond donors (Lipinski definition) is 2. The summed E-state index contributed by atoms with van der Waals surface area (Å²) in [5.41, 5.74) is 0.925. The SMILES string of the molecule is N#CC1(CNCc2cc[nH]c2)COC1. The Labute approximate surface area is 82.9 Å². The van der Waals surface area contributed by atoms with Crippen molar-refractivity contribution in [2.24, 2.45) is 5.41 Å². The molecule has 0 bridgehead atoms. The Kier molecular flexibility index (Phi) is 2.53. The van der Waals surface area contributed by atoms with Gasteiger partial charge in [-0.15, -0.1) is 0 Å². The molecule has 0 unspecified atom stereocenters. The number of ether oxygens (including phenoxy) is 1. The summed E-state index contributed by atoms with van der Waals surface area (Å²) < 4.78 is 5.05. The Balaban J connectivity index is 1.75. The predicted molar refractivity (Wildman–Crippen MR) is 51.4 cm³/mol. The van der Waals surface area contributed by atoms with Gasteiger partial charge in [-0.05, 0) is 11.6 Å². The van der Waals surface area contributed by atoms with Crippen molar-refractivity contribution in [2.75, 3.05) is 19.8 Å². The molecule has 74 valence electrons. The third-order valence-electron chi connectivity index (χ3n) is 2.45. The van der Waals surface area contributed by atoms with E-state index in [1.165, 1.54) is 5.56 Å². The van der Waals surface area contributed by atoms with E-state index in [0.717, 1.165) is 6.54 Å². The second kappa shape index (κ2) is 3.82. The Morgan fingerprint density at radius 2 is 2.50 bits per heavy atom. The summed E-state index contributed by atoms with van der Waals surface area (Å²) in [5.74, 6) is 0. The molecule has 0 radical (unpaired) electrons. The number of aromatic nitrogens is 1. The van der Waals surface area contributed by atoms with Gasteiger partial charge in [0.25, 0.3) is 0 Å². The molecule has 0 aromatic carbocycles. The van der Waals surface area contributed by atoms with Gasteiger partial charge in [-0.3, -0.25) is 0 Å². The number of nitriles is 1. The van der Waals surface area contributed by atoms with Crippen LogP contribution in [-0.4, -0.2) is 24.7 Å². The maximum Gasteiger partial charge on any atom is 0.116 e. The van der Waals surface area contributed by atoms with Crippen LogP contribution in [0.4, 0.5) is 0 Å². The topological polar surface area (TPSA) is 60.8 Å². The Morgan fingerprint density at radius 3 is 3.00 bits per heavy atom. The van der Waals surface area contributed by atoms with Crippen LogP contribution >= 0.6 is 0 Å². The zero-order chi connectivity index (χ0) is 9.86. The number of hydrogen-bond acceptors (Lipinski definition) is 3. The quantitative estimate of drug-likeness (QED) is 0.734. The fraction of sp³-hybridized carbons (Fsp3) is 0.500. The van der Waals surface area contributed by atoms with Gasteiger partial charge in [0, 0.05) is 25.5 Å². The number of rotatable bonds is 4. The molecule has 2 rings (SSSR count). The number of H-pyrrole nitrogens is 1. The van der Waals surface area contributed by atoms with Gasteiger partial charge in [0.2, 0.25) is 0 Å². The molecule has 1 aromatic rings.